The summed E-state index contributed by atoms with van der Waals surface area (Å²) in [6, 6.07) is 12.1. The molecule has 3 aromatic rings. The molecule has 6 heteroatoms. The molecule has 0 unspecified atom stereocenters. The first-order valence-corrected chi connectivity index (χ1v) is 9.59. The molecule has 3 nitrogen and oxygen atoms in total. The van der Waals surface area contributed by atoms with Crippen LogP contribution in [0.4, 0.5) is 5.82 Å². The predicted molar refractivity (Wildman–Crippen MR) is 101 cm³/mol. The summed E-state index contributed by atoms with van der Waals surface area (Å²) >= 11 is 11.7. The number of hydrogen-bond acceptors (Lipinski definition) is 3. The van der Waals surface area contributed by atoms with Crippen molar-refractivity contribution in [1.29, 1.82) is 0 Å². The molecule has 4 rings (SSSR count). The normalized spacial score (nSPS) is 14.2. The molecule has 0 saturated heterocycles. The van der Waals surface area contributed by atoms with E-state index in [0.29, 0.717) is 5.02 Å². The van der Waals surface area contributed by atoms with Gasteiger partial charge in [-0.3, -0.25) is 0 Å². The average Bonchev–Trinajstić information content (AvgIpc) is 3.03. The van der Waals surface area contributed by atoms with Gasteiger partial charge in [-0.05, 0) is 59.5 Å². The lowest BCUT2D eigenvalue weighted by Crippen LogP contribution is -2.07. The van der Waals surface area contributed by atoms with Crippen molar-refractivity contribution in [2.24, 2.45) is 0 Å². The van der Waals surface area contributed by atoms with Crippen LogP contribution >= 0.6 is 38.9 Å². The van der Waals surface area contributed by atoms with Crippen molar-refractivity contribution < 1.29 is 0 Å². The lowest BCUT2D eigenvalue weighted by molar-refractivity contribution is 0.780. The quantitative estimate of drug-likeness (QED) is 0.584. The number of para-hydroxylation sites is 1. The van der Waals surface area contributed by atoms with Gasteiger partial charge in [0.15, 0.2) is 0 Å². The molecule has 1 aliphatic heterocycles. The average molecular weight is 409 g/mol. The summed E-state index contributed by atoms with van der Waals surface area (Å²) in [5.74, 6) is 1.08. The molecule has 118 valence electrons. The van der Waals surface area contributed by atoms with E-state index < -0.39 is 0 Å². The van der Waals surface area contributed by atoms with Gasteiger partial charge >= 0.3 is 0 Å². The van der Waals surface area contributed by atoms with E-state index in [0.717, 1.165) is 34.0 Å². The summed E-state index contributed by atoms with van der Waals surface area (Å²) < 4.78 is 3.08. The fourth-order valence-corrected chi connectivity index (χ4v) is 4.55. The number of fused-ring (bicyclic) bond motifs is 1. The zero-order valence-corrected chi connectivity index (χ0v) is 15.5. The van der Waals surface area contributed by atoms with Crippen LogP contribution in [-0.2, 0) is 6.42 Å². The van der Waals surface area contributed by atoms with Crippen LogP contribution in [0.25, 0.3) is 16.3 Å². The predicted octanol–water partition coefficient (Wildman–Crippen LogP) is 5.76. The molecular formula is C17H15BrClN3S. The molecule has 23 heavy (non-hydrogen) atoms. The van der Waals surface area contributed by atoms with Gasteiger partial charge in [0.2, 0.25) is 0 Å². The second-order valence-electron chi connectivity index (χ2n) is 5.53. The molecule has 3 heterocycles. The molecule has 0 bridgehead atoms. The van der Waals surface area contributed by atoms with Crippen molar-refractivity contribution in [2.45, 2.75) is 19.3 Å². The summed E-state index contributed by atoms with van der Waals surface area (Å²) in [5.41, 5.74) is 3.27. The van der Waals surface area contributed by atoms with Crippen molar-refractivity contribution in [3.63, 3.8) is 0 Å². The fourth-order valence-electron chi connectivity index (χ4n) is 2.94. The maximum atomic E-state index is 6.41. The number of hydrogen-bond donors (Lipinski definition) is 1. The van der Waals surface area contributed by atoms with Gasteiger partial charge in [0, 0.05) is 12.1 Å². The van der Waals surface area contributed by atoms with Gasteiger partial charge in [-0.1, -0.05) is 23.7 Å². The molecule has 0 saturated carbocycles. The van der Waals surface area contributed by atoms with Gasteiger partial charge < -0.3 is 5.32 Å². The van der Waals surface area contributed by atoms with Crippen LogP contribution in [0.5, 0.6) is 0 Å². The number of aromatic nitrogens is 2. The number of rotatable bonds is 2. The SMILES string of the molecule is Clc1ccccc1-n1nc(-c2ccc(Br)s2)c2c1NCCCC2. The Kier molecular flexibility index (Phi) is 4.18. The van der Waals surface area contributed by atoms with Crippen LogP contribution in [0.3, 0.4) is 0 Å². The molecule has 0 aliphatic carbocycles. The third-order valence-corrected chi connectivity index (χ3v) is 5.97. The Morgan fingerprint density at radius 3 is 2.83 bits per heavy atom. The zero-order valence-electron chi connectivity index (χ0n) is 12.4. The summed E-state index contributed by atoms with van der Waals surface area (Å²) in [6.45, 7) is 0.969. The van der Waals surface area contributed by atoms with Gasteiger partial charge in [0.05, 0.1) is 19.4 Å². The van der Waals surface area contributed by atoms with Crippen molar-refractivity contribution in [3.05, 3.63) is 50.8 Å². The Balaban J connectivity index is 1.93. The molecule has 1 N–H and O–H groups in total. The van der Waals surface area contributed by atoms with E-state index in [9.17, 15) is 0 Å². The highest BCUT2D eigenvalue weighted by atomic mass is 79.9. The number of halogens is 2. The Labute approximate surface area is 152 Å². The van der Waals surface area contributed by atoms with Gasteiger partial charge in [-0.15, -0.1) is 11.3 Å². The monoisotopic (exact) mass is 407 g/mol. The molecular weight excluding hydrogens is 394 g/mol. The first kappa shape index (κ1) is 15.2. The topological polar surface area (TPSA) is 29.9 Å². The minimum absolute atomic E-state index is 0.711. The first-order valence-electron chi connectivity index (χ1n) is 7.60. The van der Waals surface area contributed by atoms with E-state index in [1.807, 2.05) is 28.9 Å². The highest BCUT2D eigenvalue weighted by Crippen LogP contribution is 2.39. The first-order chi connectivity index (χ1) is 11.2. The Hall–Kier alpha value is -1.30. The van der Waals surface area contributed by atoms with E-state index in [4.69, 9.17) is 16.7 Å². The molecule has 0 fully saturated rings. The third kappa shape index (κ3) is 2.82. The highest BCUT2D eigenvalue weighted by Gasteiger charge is 2.23. The lowest BCUT2D eigenvalue weighted by Gasteiger charge is -2.10. The molecule has 1 aliphatic rings. The smallest absolute Gasteiger partial charge is 0.133 e. The minimum atomic E-state index is 0.711. The van der Waals surface area contributed by atoms with Crippen LogP contribution in [0.2, 0.25) is 5.02 Å². The van der Waals surface area contributed by atoms with Crippen LogP contribution in [0, 0.1) is 0 Å². The number of nitrogens with zero attached hydrogens (tertiary/aromatic N) is 2. The second kappa shape index (κ2) is 6.30. The summed E-state index contributed by atoms with van der Waals surface area (Å²) in [7, 11) is 0. The van der Waals surface area contributed by atoms with E-state index in [2.05, 4.69) is 33.4 Å². The molecule has 0 atom stereocenters. The van der Waals surface area contributed by atoms with Crippen molar-refractivity contribution in [3.8, 4) is 16.3 Å². The van der Waals surface area contributed by atoms with E-state index in [1.165, 1.54) is 23.3 Å². The van der Waals surface area contributed by atoms with Crippen molar-refractivity contribution >= 4 is 44.7 Å². The van der Waals surface area contributed by atoms with Gasteiger partial charge in [0.25, 0.3) is 0 Å². The Bertz CT molecular complexity index is 855. The number of benzene rings is 1. The van der Waals surface area contributed by atoms with Crippen LogP contribution < -0.4 is 5.32 Å². The largest absolute Gasteiger partial charge is 0.370 e. The van der Waals surface area contributed by atoms with Crippen molar-refractivity contribution in [1.82, 2.24) is 9.78 Å². The highest BCUT2D eigenvalue weighted by molar-refractivity contribution is 9.11. The lowest BCUT2D eigenvalue weighted by atomic mass is 10.1. The van der Waals surface area contributed by atoms with Gasteiger partial charge in [0.1, 0.15) is 11.5 Å². The second-order valence-corrected chi connectivity index (χ2v) is 8.40. The third-order valence-electron chi connectivity index (χ3n) is 4.02. The molecule has 0 amide bonds. The minimum Gasteiger partial charge on any atom is -0.370 e. The number of nitrogens with one attached hydrogen (secondary N) is 1. The van der Waals surface area contributed by atoms with Crippen LogP contribution in [0.15, 0.2) is 40.2 Å². The molecule has 0 spiro atoms. The van der Waals surface area contributed by atoms with Crippen molar-refractivity contribution in [2.75, 3.05) is 11.9 Å². The summed E-state index contributed by atoms with van der Waals surface area (Å²) in [6.07, 6.45) is 3.39. The zero-order chi connectivity index (χ0) is 15.8. The Morgan fingerprint density at radius 1 is 1.17 bits per heavy atom. The molecule has 0 radical (unpaired) electrons. The van der Waals surface area contributed by atoms with Gasteiger partial charge in [-0.2, -0.15) is 5.10 Å². The summed E-state index contributed by atoms with van der Waals surface area (Å²) in [5, 5.41) is 9.17. The van der Waals surface area contributed by atoms with Crippen LogP contribution in [-0.4, -0.2) is 16.3 Å². The van der Waals surface area contributed by atoms with E-state index in [-0.39, 0.29) is 0 Å². The standard InChI is InChI=1S/C17H15BrClN3S/c18-15-9-8-14(23-15)16-11-5-3-4-10-20-17(11)22(21-16)13-7-2-1-6-12(13)19/h1-2,6-9,20H,3-5,10H2. The number of anilines is 1. The molecule has 2 aromatic heterocycles. The maximum Gasteiger partial charge on any atom is 0.133 e. The van der Waals surface area contributed by atoms with Crippen LogP contribution in [0.1, 0.15) is 18.4 Å². The number of thiophene rings is 1. The fraction of sp³-hybridized carbons (Fsp3) is 0.235. The Morgan fingerprint density at radius 2 is 2.04 bits per heavy atom. The molecule has 1 aromatic carbocycles. The maximum absolute atomic E-state index is 6.41. The van der Waals surface area contributed by atoms with E-state index in [1.54, 1.807) is 11.3 Å². The van der Waals surface area contributed by atoms with Gasteiger partial charge in [-0.25, -0.2) is 4.68 Å². The summed E-state index contributed by atoms with van der Waals surface area (Å²) in [4.78, 5) is 1.18. The van der Waals surface area contributed by atoms with E-state index >= 15 is 0 Å².